The number of hydrogen-bond donors (Lipinski definition) is 1. The minimum atomic E-state index is -2.44. The van der Waals surface area contributed by atoms with Crippen molar-refractivity contribution in [3.8, 4) is 0 Å². The molecule has 38 heavy (non-hydrogen) atoms. The maximum atomic E-state index is 12.8. The summed E-state index contributed by atoms with van der Waals surface area (Å²) in [7, 11) is 0. The SMILES string of the molecule is C/C(=C\C=C(/C)c1cnnc(C)c1)OCc1c(C)nnn1C1CC=C(C(F)F)CN1.CC.CC.CCCC. The number of nitrogens with one attached hydrogen (secondary N) is 1. The van der Waals surface area contributed by atoms with E-state index in [0.717, 1.165) is 34.0 Å². The van der Waals surface area contributed by atoms with Crippen LogP contribution in [0.1, 0.15) is 103 Å². The first-order valence-corrected chi connectivity index (χ1v) is 13.7. The Morgan fingerprint density at radius 1 is 1.11 bits per heavy atom. The maximum absolute atomic E-state index is 12.8. The van der Waals surface area contributed by atoms with Gasteiger partial charge in [0, 0.05) is 18.5 Å². The van der Waals surface area contributed by atoms with Crippen molar-refractivity contribution in [2.75, 3.05) is 6.54 Å². The minimum Gasteiger partial charge on any atom is -0.492 e. The van der Waals surface area contributed by atoms with Gasteiger partial charge >= 0.3 is 0 Å². The number of aryl methyl sites for hydroxylation is 2. The van der Waals surface area contributed by atoms with Crippen molar-refractivity contribution in [2.24, 2.45) is 0 Å². The van der Waals surface area contributed by atoms with Gasteiger partial charge in [-0.2, -0.15) is 10.2 Å². The Bertz CT molecular complexity index is 1010. The molecule has 2 aromatic rings. The molecule has 7 nitrogen and oxygen atoms in total. The van der Waals surface area contributed by atoms with Crippen LogP contribution in [0.3, 0.4) is 0 Å². The van der Waals surface area contributed by atoms with Crippen molar-refractivity contribution in [3.05, 3.63) is 64.5 Å². The van der Waals surface area contributed by atoms with Crippen LogP contribution in [0.2, 0.25) is 0 Å². The molecule has 0 radical (unpaired) electrons. The van der Waals surface area contributed by atoms with Crippen LogP contribution < -0.4 is 5.32 Å². The first-order chi connectivity index (χ1) is 18.3. The molecular formula is C29H48F2N6O. The quantitative estimate of drug-likeness (QED) is 0.212. The van der Waals surface area contributed by atoms with E-state index in [1.165, 1.54) is 12.8 Å². The zero-order valence-corrected chi connectivity index (χ0v) is 25.0. The first kappa shape index (κ1) is 35.1. The van der Waals surface area contributed by atoms with E-state index < -0.39 is 6.43 Å². The Morgan fingerprint density at radius 3 is 2.29 bits per heavy atom. The molecule has 214 valence electrons. The van der Waals surface area contributed by atoms with E-state index in [2.05, 4.69) is 39.7 Å². The average Bonchev–Trinajstić information content (AvgIpc) is 3.32. The number of ether oxygens (including phenoxy) is 1. The lowest BCUT2D eigenvalue weighted by molar-refractivity contribution is 0.173. The van der Waals surface area contributed by atoms with Crippen LogP contribution in [0.4, 0.5) is 8.78 Å². The summed E-state index contributed by atoms with van der Waals surface area (Å²) in [6.07, 6.45) is 7.56. The minimum absolute atomic E-state index is 0.112. The molecular weight excluding hydrogens is 486 g/mol. The molecule has 9 heteroatoms. The highest BCUT2D eigenvalue weighted by Gasteiger charge is 2.23. The second-order valence-corrected chi connectivity index (χ2v) is 8.28. The zero-order chi connectivity index (χ0) is 29.1. The molecule has 0 saturated heterocycles. The van der Waals surface area contributed by atoms with Gasteiger partial charge < -0.3 is 4.74 Å². The number of rotatable bonds is 8. The molecule has 3 rings (SSSR count). The van der Waals surface area contributed by atoms with E-state index >= 15 is 0 Å². The third kappa shape index (κ3) is 12.1. The molecule has 0 aliphatic carbocycles. The molecule has 1 atom stereocenters. The third-order valence-electron chi connectivity index (χ3n) is 5.44. The average molecular weight is 535 g/mol. The Balaban J connectivity index is 0.00000153. The summed E-state index contributed by atoms with van der Waals surface area (Å²) >= 11 is 0. The summed E-state index contributed by atoms with van der Waals surface area (Å²) in [6, 6.07) is 1.97. The van der Waals surface area contributed by atoms with Gasteiger partial charge in [-0.25, -0.2) is 13.5 Å². The van der Waals surface area contributed by atoms with E-state index in [-0.39, 0.29) is 24.9 Å². The van der Waals surface area contributed by atoms with Gasteiger partial charge in [0.05, 0.1) is 23.3 Å². The predicted octanol–water partition coefficient (Wildman–Crippen LogP) is 7.75. The molecule has 0 aromatic carbocycles. The lowest BCUT2D eigenvalue weighted by Crippen LogP contribution is -2.34. The van der Waals surface area contributed by atoms with Crippen molar-refractivity contribution in [1.29, 1.82) is 0 Å². The molecule has 1 aliphatic rings. The number of unbranched alkanes of at least 4 members (excludes halogenated alkanes) is 1. The van der Waals surface area contributed by atoms with Crippen LogP contribution in [0, 0.1) is 13.8 Å². The van der Waals surface area contributed by atoms with E-state index in [9.17, 15) is 8.78 Å². The fourth-order valence-corrected chi connectivity index (χ4v) is 3.08. The van der Waals surface area contributed by atoms with Crippen LogP contribution in [-0.2, 0) is 11.3 Å². The lowest BCUT2D eigenvalue weighted by atomic mass is 10.1. The summed E-state index contributed by atoms with van der Waals surface area (Å²) in [5.74, 6) is 0.733. The molecule has 0 spiro atoms. The largest absolute Gasteiger partial charge is 0.492 e. The highest BCUT2D eigenvalue weighted by molar-refractivity contribution is 5.64. The number of aromatic nitrogens is 5. The number of allylic oxidation sites excluding steroid dienone is 4. The first-order valence-electron chi connectivity index (χ1n) is 13.7. The van der Waals surface area contributed by atoms with Gasteiger partial charge in [-0.1, -0.05) is 71.7 Å². The monoisotopic (exact) mass is 534 g/mol. The second kappa shape index (κ2) is 20.1. The predicted molar refractivity (Wildman–Crippen MR) is 153 cm³/mol. The topological polar surface area (TPSA) is 77.8 Å². The van der Waals surface area contributed by atoms with Crippen molar-refractivity contribution >= 4 is 5.57 Å². The van der Waals surface area contributed by atoms with Crippen LogP contribution in [-0.4, -0.2) is 38.2 Å². The highest BCUT2D eigenvalue weighted by atomic mass is 19.3. The van der Waals surface area contributed by atoms with Gasteiger partial charge in [0.1, 0.15) is 18.5 Å². The van der Waals surface area contributed by atoms with E-state index in [1.807, 2.05) is 73.6 Å². The molecule has 0 bridgehead atoms. The fourth-order valence-electron chi connectivity index (χ4n) is 3.08. The van der Waals surface area contributed by atoms with E-state index in [4.69, 9.17) is 4.74 Å². The van der Waals surface area contributed by atoms with Gasteiger partial charge in [-0.3, -0.25) is 5.32 Å². The van der Waals surface area contributed by atoms with Crippen molar-refractivity contribution in [2.45, 2.75) is 108 Å². The maximum Gasteiger partial charge on any atom is 0.261 e. The van der Waals surface area contributed by atoms with Gasteiger partial charge in [-0.05, 0) is 51.0 Å². The normalized spacial score (nSPS) is 15.3. The summed E-state index contributed by atoms with van der Waals surface area (Å²) < 4.78 is 33.2. The van der Waals surface area contributed by atoms with Crippen LogP contribution in [0.25, 0.3) is 5.57 Å². The molecule has 0 amide bonds. The van der Waals surface area contributed by atoms with Crippen molar-refractivity contribution < 1.29 is 13.5 Å². The zero-order valence-electron chi connectivity index (χ0n) is 25.0. The summed E-state index contributed by atoms with van der Waals surface area (Å²) in [4.78, 5) is 0. The molecule has 0 fully saturated rings. The fraction of sp³-hybridized carbons (Fsp3) is 0.586. The Hall–Kier alpha value is -2.94. The van der Waals surface area contributed by atoms with E-state index in [1.54, 1.807) is 17.0 Å². The molecule has 3 heterocycles. The molecule has 1 N–H and O–H groups in total. The van der Waals surface area contributed by atoms with Gasteiger partial charge in [-0.15, -0.1) is 5.10 Å². The third-order valence-corrected chi connectivity index (χ3v) is 5.44. The van der Waals surface area contributed by atoms with Crippen LogP contribution in [0.15, 0.2) is 41.8 Å². The summed E-state index contributed by atoms with van der Waals surface area (Å²) in [5, 5.41) is 19.3. The number of nitrogens with zero attached hydrogens (tertiary/aromatic N) is 5. The Labute approximate surface area is 228 Å². The standard InChI is InChI=1S/C21H26F2N6O.C4H10.2C2H6/c1-13(18-9-14(2)26-25-11-18)5-6-15(3)30-12-19-16(4)27-28-29(19)20-8-7-17(10-24-20)21(22)23;1-3-4-2;2*1-2/h5-7,9,11,20-21,24H,8,10,12H2,1-4H3;3-4H2,1-2H3;2*1-2H3/b13-5+,15-6+;;;. The van der Waals surface area contributed by atoms with Gasteiger partial charge in [0.15, 0.2) is 0 Å². The Kier molecular flexibility index (Phi) is 18.5. The van der Waals surface area contributed by atoms with Crippen LogP contribution in [0.5, 0.6) is 0 Å². The van der Waals surface area contributed by atoms with E-state index in [0.29, 0.717) is 6.42 Å². The van der Waals surface area contributed by atoms with Crippen molar-refractivity contribution in [3.63, 3.8) is 0 Å². The number of alkyl halides is 2. The molecule has 2 aromatic heterocycles. The highest BCUT2D eigenvalue weighted by Crippen LogP contribution is 2.22. The Morgan fingerprint density at radius 2 is 1.76 bits per heavy atom. The second-order valence-electron chi connectivity index (χ2n) is 8.28. The van der Waals surface area contributed by atoms with Gasteiger partial charge in [0.2, 0.25) is 0 Å². The molecule has 1 aliphatic heterocycles. The number of hydrogen-bond acceptors (Lipinski definition) is 6. The lowest BCUT2D eigenvalue weighted by Gasteiger charge is -2.25. The van der Waals surface area contributed by atoms with Crippen LogP contribution >= 0.6 is 0 Å². The summed E-state index contributed by atoms with van der Waals surface area (Å²) in [5.41, 5.74) is 4.58. The smallest absolute Gasteiger partial charge is 0.261 e. The molecule has 1 unspecified atom stereocenters. The summed E-state index contributed by atoms with van der Waals surface area (Å²) in [6.45, 7) is 20.4. The molecule has 0 saturated carbocycles. The van der Waals surface area contributed by atoms with Gasteiger partial charge in [0.25, 0.3) is 6.43 Å². The number of halogens is 2. The van der Waals surface area contributed by atoms with Crippen molar-refractivity contribution in [1.82, 2.24) is 30.5 Å².